The lowest BCUT2D eigenvalue weighted by molar-refractivity contribution is 0.323. The molecule has 2 aromatic rings. The molecule has 0 amide bonds. The van der Waals surface area contributed by atoms with Gasteiger partial charge in [0.15, 0.2) is 4.96 Å². The molecular weight excluding hydrogens is 248 g/mol. The molecule has 6 heteroatoms. The fraction of sp³-hybridized carbons (Fsp3) is 0.500. The van der Waals surface area contributed by atoms with Crippen LogP contribution in [-0.4, -0.2) is 33.4 Å². The van der Waals surface area contributed by atoms with Crippen LogP contribution in [-0.2, 0) is 6.54 Å². The van der Waals surface area contributed by atoms with Gasteiger partial charge in [0, 0.05) is 42.8 Å². The third kappa shape index (κ3) is 2.07. The number of fused-ring (bicyclic) bond motifs is 1. The molecule has 0 saturated carbocycles. The summed E-state index contributed by atoms with van der Waals surface area (Å²) in [6, 6.07) is 1.90. The van der Waals surface area contributed by atoms with Crippen molar-refractivity contribution in [3.8, 4) is 0 Å². The lowest BCUT2D eigenvalue weighted by Gasteiger charge is -2.14. The van der Waals surface area contributed by atoms with Crippen molar-refractivity contribution < 1.29 is 0 Å². The SMILES string of the molecule is Cc1csc2nc(CN3CCC(N)C3)cc(=O)n12. The summed E-state index contributed by atoms with van der Waals surface area (Å²) in [5, 5.41) is 1.96. The van der Waals surface area contributed by atoms with Gasteiger partial charge in [-0.15, -0.1) is 11.3 Å². The molecule has 1 atom stereocenters. The van der Waals surface area contributed by atoms with Crippen molar-refractivity contribution in [3.05, 3.63) is 33.2 Å². The van der Waals surface area contributed by atoms with Crippen LogP contribution < -0.4 is 11.3 Å². The van der Waals surface area contributed by atoms with Crippen molar-refractivity contribution in [1.29, 1.82) is 0 Å². The van der Waals surface area contributed by atoms with Crippen LogP contribution in [0.4, 0.5) is 0 Å². The van der Waals surface area contributed by atoms with Gasteiger partial charge in [0.05, 0.1) is 5.69 Å². The largest absolute Gasteiger partial charge is 0.326 e. The quantitative estimate of drug-likeness (QED) is 0.862. The summed E-state index contributed by atoms with van der Waals surface area (Å²) in [4.78, 5) is 19.6. The van der Waals surface area contributed by atoms with E-state index in [0.29, 0.717) is 0 Å². The molecule has 2 aromatic heterocycles. The first-order valence-electron chi connectivity index (χ1n) is 6.08. The molecule has 1 unspecified atom stereocenters. The summed E-state index contributed by atoms with van der Waals surface area (Å²) in [6.07, 6.45) is 1.03. The predicted octanol–water partition coefficient (Wildman–Crippen LogP) is 0.597. The fourth-order valence-corrected chi connectivity index (χ4v) is 3.31. The number of rotatable bonds is 2. The number of likely N-dealkylation sites (tertiary alicyclic amines) is 1. The third-order valence-corrected chi connectivity index (χ3v) is 4.27. The van der Waals surface area contributed by atoms with E-state index in [9.17, 15) is 4.79 Å². The molecule has 1 saturated heterocycles. The number of hydrogen-bond acceptors (Lipinski definition) is 5. The highest BCUT2D eigenvalue weighted by atomic mass is 32.1. The van der Waals surface area contributed by atoms with Gasteiger partial charge in [-0.3, -0.25) is 14.1 Å². The van der Waals surface area contributed by atoms with Gasteiger partial charge >= 0.3 is 0 Å². The predicted molar refractivity (Wildman–Crippen MR) is 71.9 cm³/mol. The summed E-state index contributed by atoms with van der Waals surface area (Å²) in [6.45, 7) is 4.53. The maximum atomic E-state index is 12.0. The zero-order valence-corrected chi connectivity index (χ0v) is 11.1. The number of thiazole rings is 1. The van der Waals surface area contributed by atoms with Crippen molar-refractivity contribution in [1.82, 2.24) is 14.3 Å². The monoisotopic (exact) mass is 264 g/mol. The molecule has 3 heterocycles. The fourth-order valence-electron chi connectivity index (χ4n) is 2.42. The van der Waals surface area contributed by atoms with E-state index >= 15 is 0 Å². The summed E-state index contributed by atoms with van der Waals surface area (Å²) in [5.41, 5.74) is 7.68. The Hall–Kier alpha value is -1.24. The van der Waals surface area contributed by atoms with Gasteiger partial charge in [-0.2, -0.15) is 0 Å². The van der Waals surface area contributed by atoms with Crippen LogP contribution in [0.5, 0.6) is 0 Å². The molecule has 1 fully saturated rings. The average molecular weight is 264 g/mol. The number of aromatic nitrogens is 2. The van der Waals surface area contributed by atoms with E-state index in [1.54, 1.807) is 10.5 Å². The van der Waals surface area contributed by atoms with E-state index in [2.05, 4.69) is 9.88 Å². The Balaban J connectivity index is 1.91. The van der Waals surface area contributed by atoms with Crippen molar-refractivity contribution in [2.45, 2.75) is 25.9 Å². The Bertz CT molecular complexity index is 633. The Labute approximate surface area is 109 Å². The normalized spacial score (nSPS) is 20.9. The van der Waals surface area contributed by atoms with Crippen LogP contribution in [0.1, 0.15) is 17.8 Å². The Morgan fingerprint density at radius 2 is 2.44 bits per heavy atom. The average Bonchev–Trinajstić information content (AvgIpc) is 2.86. The standard InChI is InChI=1S/C12H16N4OS/c1-8-7-18-12-14-10(4-11(17)16(8)12)6-15-3-2-9(13)5-15/h4,7,9H,2-3,5-6,13H2,1H3. The minimum atomic E-state index is 0.0113. The Kier molecular flexibility index (Phi) is 2.93. The summed E-state index contributed by atoms with van der Waals surface area (Å²) in [7, 11) is 0. The van der Waals surface area contributed by atoms with Gasteiger partial charge in [0.25, 0.3) is 5.56 Å². The van der Waals surface area contributed by atoms with E-state index in [1.165, 1.54) is 11.3 Å². The summed E-state index contributed by atoms with van der Waals surface area (Å²) >= 11 is 1.51. The van der Waals surface area contributed by atoms with Crippen LogP contribution in [0.15, 0.2) is 16.2 Å². The number of aryl methyl sites for hydroxylation is 1. The first-order chi connectivity index (χ1) is 8.63. The number of nitrogens with two attached hydrogens (primary N) is 1. The van der Waals surface area contributed by atoms with E-state index < -0.39 is 0 Å². The highest BCUT2D eigenvalue weighted by Gasteiger charge is 2.19. The van der Waals surface area contributed by atoms with E-state index in [-0.39, 0.29) is 11.6 Å². The Morgan fingerprint density at radius 3 is 3.17 bits per heavy atom. The number of nitrogens with zero attached hydrogens (tertiary/aromatic N) is 3. The van der Waals surface area contributed by atoms with Crippen LogP contribution in [0, 0.1) is 6.92 Å². The van der Waals surface area contributed by atoms with Crippen molar-refractivity contribution >= 4 is 16.3 Å². The van der Waals surface area contributed by atoms with Crippen LogP contribution in [0.25, 0.3) is 4.96 Å². The lowest BCUT2D eigenvalue weighted by atomic mass is 10.3. The molecule has 3 rings (SSSR count). The Morgan fingerprint density at radius 1 is 1.61 bits per heavy atom. The molecule has 96 valence electrons. The van der Waals surface area contributed by atoms with Gasteiger partial charge in [0.2, 0.25) is 0 Å². The molecule has 1 aliphatic rings. The molecule has 0 radical (unpaired) electrons. The molecule has 0 aliphatic carbocycles. The second kappa shape index (κ2) is 4.46. The first kappa shape index (κ1) is 11.8. The molecule has 0 bridgehead atoms. The lowest BCUT2D eigenvalue weighted by Crippen LogP contribution is -2.27. The van der Waals surface area contributed by atoms with Gasteiger partial charge in [0.1, 0.15) is 0 Å². The molecule has 1 aliphatic heterocycles. The van der Waals surface area contributed by atoms with E-state index in [1.807, 2.05) is 12.3 Å². The topological polar surface area (TPSA) is 63.6 Å². The van der Waals surface area contributed by atoms with Crippen molar-refractivity contribution in [2.75, 3.05) is 13.1 Å². The molecule has 5 nitrogen and oxygen atoms in total. The second-order valence-corrected chi connectivity index (χ2v) is 5.70. The summed E-state index contributed by atoms with van der Waals surface area (Å²) < 4.78 is 1.66. The summed E-state index contributed by atoms with van der Waals surface area (Å²) in [5.74, 6) is 0. The molecular formula is C12H16N4OS. The minimum absolute atomic E-state index is 0.0113. The van der Waals surface area contributed by atoms with Crippen molar-refractivity contribution in [3.63, 3.8) is 0 Å². The van der Waals surface area contributed by atoms with Gasteiger partial charge in [-0.1, -0.05) is 0 Å². The van der Waals surface area contributed by atoms with Crippen LogP contribution in [0.3, 0.4) is 0 Å². The molecule has 0 spiro atoms. The smallest absolute Gasteiger partial charge is 0.259 e. The van der Waals surface area contributed by atoms with Gasteiger partial charge in [-0.25, -0.2) is 4.98 Å². The second-order valence-electron chi connectivity index (χ2n) is 4.86. The van der Waals surface area contributed by atoms with Gasteiger partial charge in [-0.05, 0) is 13.3 Å². The maximum Gasteiger partial charge on any atom is 0.259 e. The van der Waals surface area contributed by atoms with Crippen molar-refractivity contribution in [2.24, 2.45) is 5.73 Å². The number of hydrogen-bond donors (Lipinski definition) is 1. The molecule has 18 heavy (non-hydrogen) atoms. The minimum Gasteiger partial charge on any atom is -0.326 e. The highest BCUT2D eigenvalue weighted by Crippen LogP contribution is 2.14. The first-order valence-corrected chi connectivity index (χ1v) is 6.96. The van der Waals surface area contributed by atoms with Crippen LogP contribution >= 0.6 is 11.3 Å². The zero-order valence-electron chi connectivity index (χ0n) is 10.3. The van der Waals surface area contributed by atoms with E-state index in [4.69, 9.17) is 5.73 Å². The zero-order chi connectivity index (χ0) is 12.7. The molecule has 0 aromatic carbocycles. The van der Waals surface area contributed by atoms with E-state index in [0.717, 1.165) is 42.4 Å². The van der Waals surface area contributed by atoms with Gasteiger partial charge < -0.3 is 5.73 Å². The third-order valence-electron chi connectivity index (χ3n) is 3.32. The van der Waals surface area contributed by atoms with Crippen LogP contribution in [0.2, 0.25) is 0 Å². The maximum absolute atomic E-state index is 12.0. The molecule has 2 N–H and O–H groups in total. The highest BCUT2D eigenvalue weighted by molar-refractivity contribution is 7.15.